The van der Waals surface area contributed by atoms with Gasteiger partial charge in [-0.05, 0) is 37.0 Å². The highest BCUT2D eigenvalue weighted by molar-refractivity contribution is 5.48. The highest BCUT2D eigenvalue weighted by atomic mass is 15.1. The summed E-state index contributed by atoms with van der Waals surface area (Å²) in [6.07, 6.45) is 3.64. The number of hydrogen-bond donors (Lipinski definition) is 1. The fourth-order valence-corrected chi connectivity index (χ4v) is 2.72. The van der Waals surface area contributed by atoms with Gasteiger partial charge in [0, 0.05) is 30.9 Å². The minimum Gasteiger partial charge on any atom is -0.371 e. The van der Waals surface area contributed by atoms with Crippen LogP contribution in [0.2, 0.25) is 0 Å². The minimum absolute atomic E-state index is 0.602. The zero-order valence-electron chi connectivity index (χ0n) is 11.9. The van der Waals surface area contributed by atoms with Crippen LogP contribution in [0, 0.1) is 0 Å². The lowest BCUT2D eigenvalue weighted by Gasteiger charge is -2.35. The third-order valence-corrected chi connectivity index (χ3v) is 3.77. The van der Waals surface area contributed by atoms with E-state index in [0.29, 0.717) is 12.1 Å². The SMILES string of the molecule is CCc1ccc(N2CCC(NC(C)C)CC2)cc1. The lowest BCUT2D eigenvalue weighted by atomic mass is 10.0. The maximum absolute atomic E-state index is 3.65. The number of anilines is 1. The van der Waals surface area contributed by atoms with Crippen LogP contribution in [0.1, 0.15) is 39.2 Å². The van der Waals surface area contributed by atoms with Gasteiger partial charge < -0.3 is 10.2 Å². The molecule has 2 nitrogen and oxygen atoms in total. The van der Waals surface area contributed by atoms with Crippen LogP contribution < -0.4 is 10.2 Å². The molecule has 2 heteroatoms. The van der Waals surface area contributed by atoms with Crippen molar-refractivity contribution in [2.75, 3.05) is 18.0 Å². The largest absolute Gasteiger partial charge is 0.371 e. The number of benzene rings is 1. The van der Waals surface area contributed by atoms with E-state index in [1.165, 1.54) is 37.2 Å². The van der Waals surface area contributed by atoms with E-state index < -0.39 is 0 Å². The first-order valence-corrected chi connectivity index (χ1v) is 7.29. The molecule has 18 heavy (non-hydrogen) atoms. The fourth-order valence-electron chi connectivity index (χ4n) is 2.72. The lowest BCUT2D eigenvalue weighted by molar-refractivity contribution is 0.387. The Morgan fingerprint density at radius 2 is 1.78 bits per heavy atom. The summed E-state index contributed by atoms with van der Waals surface area (Å²) >= 11 is 0. The number of nitrogens with zero attached hydrogens (tertiary/aromatic N) is 1. The summed E-state index contributed by atoms with van der Waals surface area (Å²) in [5.74, 6) is 0. The van der Waals surface area contributed by atoms with Gasteiger partial charge >= 0.3 is 0 Å². The summed E-state index contributed by atoms with van der Waals surface area (Å²) in [7, 11) is 0. The van der Waals surface area contributed by atoms with E-state index in [2.05, 4.69) is 55.3 Å². The second-order valence-electron chi connectivity index (χ2n) is 5.60. The Morgan fingerprint density at radius 1 is 1.17 bits per heavy atom. The van der Waals surface area contributed by atoms with Crippen LogP contribution in [0.25, 0.3) is 0 Å². The molecule has 1 aromatic carbocycles. The first-order chi connectivity index (χ1) is 8.69. The van der Waals surface area contributed by atoms with E-state index in [0.717, 1.165) is 6.42 Å². The number of nitrogens with one attached hydrogen (secondary N) is 1. The zero-order valence-corrected chi connectivity index (χ0v) is 11.9. The van der Waals surface area contributed by atoms with Crippen LogP contribution in [0.15, 0.2) is 24.3 Å². The molecule has 2 rings (SSSR count). The van der Waals surface area contributed by atoms with E-state index in [1.807, 2.05) is 0 Å². The molecule has 0 aliphatic carbocycles. The molecule has 0 saturated carbocycles. The van der Waals surface area contributed by atoms with Crippen LogP contribution in [-0.2, 0) is 6.42 Å². The van der Waals surface area contributed by atoms with Gasteiger partial charge in [0.1, 0.15) is 0 Å². The topological polar surface area (TPSA) is 15.3 Å². The van der Waals surface area contributed by atoms with E-state index in [1.54, 1.807) is 0 Å². The molecule has 1 heterocycles. The van der Waals surface area contributed by atoms with Crippen molar-refractivity contribution in [2.24, 2.45) is 0 Å². The van der Waals surface area contributed by atoms with Crippen LogP contribution in [0.5, 0.6) is 0 Å². The molecule has 0 amide bonds. The number of hydrogen-bond acceptors (Lipinski definition) is 2. The smallest absolute Gasteiger partial charge is 0.0366 e. The van der Waals surface area contributed by atoms with Gasteiger partial charge in [0.05, 0.1) is 0 Å². The molecule has 1 saturated heterocycles. The zero-order chi connectivity index (χ0) is 13.0. The van der Waals surface area contributed by atoms with E-state index in [4.69, 9.17) is 0 Å². The van der Waals surface area contributed by atoms with Gasteiger partial charge in [-0.25, -0.2) is 0 Å². The average molecular weight is 246 g/mol. The molecule has 0 bridgehead atoms. The van der Waals surface area contributed by atoms with Gasteiger partial charge in [0.25, 0.3) is 0 Å². The molecular weight excluding hydrogens is 220 g/mol. The monoisotopic (exact) mass is 246 g/mol. The van der Waals surface area contributed by atoms with Gasteiger partial charge in [-0.15, -0.1) is 0 Å². The van der Waals surface area contributed by atoms with Gasteiger partial charge in [0.15, 0.2) is 0 Å². The summed E-state index contributed by atoms with van der Waals surface area (Å²) in [6.45, 7) is 9.02. The molecule has 1 aliphatic heterocycles. The number of aryl methyl sites for hydroxylation is 1. The lowest BCUT2D eigenvalue weighted by Crippen LogP contribution is -2.44. The highest BCUT2D eigenvalue weighted by Gasteiger charge is 2.19. The van der Waals surface area contributed by atoms with Crippen molar-refractivity contribution in [3.63, 3.8) is 0 Å². The van der Waals surface area contributed by atoms with Gasteiger partial charge in [-0.2, -0.15) is 0 Å². The molecule has 100 valence electrons. The average Bonchev–Trinajstić information content (AvgIpc) is 2.39. The van der Waals surface area contributed by atoms with Crippen molar-refractivity contribution in [2.45, 2.75) is 52.1 Å². The standard InChI is InChI=1S/C16H26N2/c1-4-14-5-7-16(8-6-14)18-11-9-15(10-12-18)17-13(2)3/h5-8,13,15,17H,4,9-12H2,1-3H3. The number of piperidine rings is 1. The summed E-state index contributed by atoms with van der Waals surface area (Å²) in [4.78, 5) is 2.51. The Hall–Kier alpha value is -1.02. The highest BCUT2D eigenvalue weighted by Crippen LogP contribution is 2.20. The third kappa shape index (κ3) is 3.49. The molecule has 1 N–H and O–H groups in total. The van der Waals surface area contributed by atoms with Crippen LogP contribution in [0.4, 0.5) is 5.69 Å². The Balaban J connectivity index is 1.88. The maximum atomic E-state index is 3.65. The van der Waals surface area contributed by atoms with Gasteiger partial charge in [0.2, 0.25) is 0 Å². The molecule has 0 radical (unpaired) electrons. The second kappa shape index (κ2) is 6.24. The Labute approximate surface area is 111 Å². The molecular formula is C16H26N2. The van der Waals surface area contributed by atoms with Crippen molar-refractivity contribution in [1.82, 2.24) is 5.32 Å². The van der Waals surface area contributed by atoms with Gasteiger partial charge in [-0.1, -0.05) is 32.9 Å². The van der Waals surface area contributed by atoms with E-state index >= 15 is 0 Å². The molecule has 0 spiro atoms. The first-order valence-electron chi connectivity index (χ1n) is 7.29. The van der Waals surface area contributed by atoms with E-state index in [9.17, 15) is 0 Å². The van der Waals surface area contributed by atoms with Crippen molar-refractivity contribution in [1.29, 1.82) is 0 Å². The summed E-state index contributed by atoms with van der Waals surface area (Å²) in [5.41, 5.74) is 2.81. The van der Waals surface area contributed by atoms with Crippen LogP contribution in [-0.4, -0.2) is 25.2 Å². The summed E-state index contributed by atoms with van der Waals surface area (Å²) < 4.78 is 0. The van der Waals surface area contributed by atoms with Crippen molar-refractivity contribution in [3.8, 4) is 0 Å². The van der Waals surface area contributed by atoms with Crippen molar-refractivity contribution >= 4 is 5.69 Å². The quantitative estimate of drug-likeness (QED) is 0.877. The van der Waals surface area contributed by atoms with Crippen molar-refractivity contribution in [3.05, 3.63) is 29.8 Å². The maximum Gasteiger partial charge on any atom is 0.0366 e. The third-order valence-electron chi connectivity index (χ3n) is 3.77. The second-order valence-corrected chi connectivity index (χ2v) is 5.60. The first kappa shape index (κ1) is 13.4. The molecule has 1 aliphatic rings. The Morgan fingerprint density at radius 3 is 2.28 bits per heavy atom. The van der Waals surface area contributed by atoms with Crippen LogP contribution >= 0.6 is 0 Å². The Bertz CT molecular complexity index is 348. The van der Waals surface area contributed by atoms with E-state index in [-0.39, 0.29) is 0 Å². The van der Waals surface area contributed by atoms with Gasteiger partial charge in [-0.3, -0.25) is 0 Å². The molecule has 0 aromatic heterocycles. The van der Waals surface area contributed by atoms with Crippen molar-refractivity contribution < 1.29 is 0 Å². The molecule has 1 fully saturated rings. The minimum atomic E-state index is 0.602. The Kier molecular flexibility index (Phi) is 4.65. The molecule has 1 aromatic rings. The fraction of sp³-hybridized carbons (Fsp3) is 0.625. The summed E-state index contributed by atoms with van der Waals surface area (Å²) in [5, 5.41) is 3.65. The predicted octanol–water partition coefficient (Wildman–Crippen LogP) is 3.22. The number of rotatable bonds is 4. The molecule has 0 atom stereocenters. The summed E-state index contributed by atoms with van der Waals surface area (Å²) in [6, 6.07) is 10.4. The van der Waals surface area contributed by atoms with Crippen LogP contribution in [0.3, 0.4) is 0 Å². The molecule has 0 unspecified atom stereocenters. The normalized spacial score (nSPS) is 17.4. The predicted molar refractivity (Wildman–Crippen MR) is 79.3 cm³/mol.